The summed E-state index contributed by atoms with van der Waals surface area (Å²) in [5, 5.41) is 11.2. The molecule has 2 heterocycles. The smallest absolute Gasteiger partial charge is 0.331 e. The molecule has 0 spiro atoms. The Labute approximate surface area is 164 Å². The van der Waals surface area contributed by atoms with Gasteiger partial charge in [-0.2, -0.15) is 0 Å². The molecular formula is C23H26NO4+. The van der Waals surface area contributed by atoms with Crippen molar-refractivity contribution in [2.45, 2.75) is 50.4 Å². The molecule has 2 bridgehead atoms. The van der Waals surface area contributed by atoms with Crippen LogP contribution in [0.15, 0.2) is 54.6 Å². The summed E-state index contributed by atoms with van der Waals surface area (Å²) in [5.41, 5.74) is 1.37. The molecule has 146 valence electrons. The van der Waals surface area contributed by atoms with Gasteiger partial charge in [0.1, 0.15) is 12.6 Å². The van der Waals surface area contributed by atoms with Gasteiger partial charge in [-0.25, -0.2) is 9.59 Å². The first-order valence-electron chi connectivity index (χ1n) is 9.89. The van der Waals surface area contributed by atoms with Gasteiger partial charge >= 0.3 is 11.9 Å². The monoisotopic (exact) mass is 380 g/mol. The van der Waals surface area contributed by atoms with Crippen LogP contribution in [0.5, 0.6) is 0 Å². The standard InChI is InChI=1S/C23H25NO4/c1-24(15-17-7-4-6-16-5-2-3-8-21(16)17)18-9-10-19(24)14-20(13-18)28-23(27)12-11-22(25)26/h2-8,11-12,18-20H,9-10,13-15H2,1H3/p+1/b12-11-/t18-,19+,20?,24?. The molecule has 2 aliphatic rings. The van der Waals surface area contributed by atoms with Crippen LogP contribution in [0.3, 0.4) is 0 Å². The van der Waals surface area contributed by atoms with Crippen LogP contribution in [0.2, 0.25) is 0 Å². The summed E-state index contributed by atoms with van der Waals surface area (Å²) in [7, 11) is 2.34. The summed E-state index contributed by atoms with van der Waals surface area (Å²) < 4.78 is 6.53. The number of nitrogens with zero attached hydrogens (tertiary/aromatic N) is 1. The molecule has 1 N–H and O–H groups in total. The predicted octanol–water partition coefficient (Wildman–Crippen LogP) is 3.66. The number of quaternary nitrogens is 1. The third-order valence-corrected chi connectivity index (χ3v) is 6.61. The van der Waals surface area contributed by atoms with E-state index in [4.69, 9.17) is 9.84 Å². The quantitative estimate of drug-likeness (QED) is 0.488. The van der Waals surface area contributed by atoms with Crippen molar-refractivity contribution < 1.29 is 23.9 Å². The second-order valence-electron chi connectivity index (χ2n) is 8.23. The Morgan fingerprint density at radius 1 is 1.07 bits per heavy atom. The SMILES string of the molecule is C[N+]1(Cc2cccc3ccccc23)[C@@H]2CC[C@H]1CC(OC(=O)/C=C\C(=O)O)C2. The number of benzene rings is 2. The van der Waals surface area contributed by atoms with Gasteiger partial charge in [0.2, 0.25) is 0 Å². The second-order valence-corrected chi connectivity index (χ2v) is 8.23. The van der Waals surface area contributed by atoms with E-state index in [-0.39, 0.29) is 6.10 Å². The molecule has 2 unspecified atom stereocenters. The number of carbonyl (C=O) groups excluding carboxylic acids is 1. The summed E-state index contributed by atoms with van der Waals surface area (Å²) >= 11 is 0. The van der Waals surface area contributed by atoms with Gasteiger partial charge in [0.05, 0.1) is 19.1 Å². The molecule has 0 saturated carbocycles. The molecule has 4 rings (SSSR count). The van der Waals surface area contributed by atoms with Gasteiger partial charge < -0.3 is 14.3 Å². The van der Waals surface area contributed by atoms with E-state index in [2.05, 4.69) is 49.5 Å². The van der Waals surface area contributed by atoms with Crippen molar-refractivity contribution in [2.75, 3.05) is 7.05 Å². The summed E-state index contributed by atoms with van der Waals surface area (Å²) in [4.78, 5) is 22.4. The molecule has 2 aromatic rings. The summed E-state index contributed by atoms with van der Waals surface area (Å²) in [6.07, 6.45) is 5.68. The van der Waals surface area contributed by atoms with Crippen LogP contribution in [-0.4, -0.2) is 46.8 Å². The molecule has 28 heavy (non-hydrogen) atoms. The first kappa shape index (κ1) is 18.7. The fourth-order valence-corrected chi connectivity index (χ4v) is 5.19. The Kier molecular flexibility index (Phi) is 4.94. The first-order chi connectivity index (χ1) is 13.5. The van der Waals surface area contributed by atoms with Gasteiger partial charge in [0.25, 0.3) is 0 Å². The molecule has 2 fully saturated rings. The number of ether oxygens (including phenoxy) is 1. The molecule has 2 aliphatic heterocycles. The number of piperidine rings is 1. The van der Waals surface area contributed by atoms with E-state index in [1.54, 1.807) is 0 Å². The average molecular weight is 380 g/mol. The third kappa shape index (κ3) is 3.54. The van der Waals surface area contributed by atoms with Gasteiger partial charge in [0.15, 0.2) is 0 Å². The fourth-order valence-electron chi connectivity index (χ4n) is 5.19. The van der Waals surface area contributed by atoms with Crippen LogP contribution in [0.4, 0.5) is 0 Å². The lowest BCUT2D eigenvalue weighted by Crippen LogP contribution is -2.58. The molecule has 0 aromatic heterocycles. The average Bonchev–Trinajstić information content (AvgIpc) is 2.84. The van der Waals surface area contributed by atoms with E-state index in [1.165, 1.54) is 16.3 Å². The summed E-state index contributed by atoms with van der Waals surface area (Å²) in [5.74, 6) is -1.70. The highest BCUT2D eigenvalue weighted by atomic mass is 16.5. The zero-order chi connectivity index (χ0) is 19.7. The largest absolute Gasteiger partial charge is 0.478 e. The van der Waals surface area contributed by atoms with Crippen LogP contribution in [0, 0.1) is 0 Å². The Hall–Kier alpha value is -2.66. The fraction of sp³-hybridized carbons (Fsp3) is 0.391. The molecule has 0 radical (unpaired) electrons. The molecule has 0 amide bonds. The molecule has 5 nitrogen and oxygen atoms in total. The van der Waals surface area contributed by atoms with Gasteiger partial charge in [-0.15, -0.1) is 0 Å². The van der Waals surface area contributed by atoms with Gasteiger partial charge in [-0.3, -0.25) is 0 Å². The van der Waals surface area contributed by atoms with Crippen molar-refractivity contribution in [3.63, 3.8) is 0 Å². The van der Waals surface area contributed by atoms with Gasteiger partial charge in [0, 0.05) is 43.4 Å². The molecule has 5 heteroatoms. The minimum atomic E-state index is -1.14. The summed E-state index contributed by atoms with van der Waals surface area (Å²) in [6.45, 7) is 0.982. The van der Waals surface area contributed by atoms with Crippen LogP contribution >= 0.6 is 0 Å². The Morgan fingerprint density at radius 3 is 2.46 bits per heavy atom. The lowest BCUT2D eigenvalue weighted by atomic mass is 9.94. The highest BCUT2D eigenvalue weighted by molar-refractivity contribution is 5.90. The zero-order valence-electron chi connectivity index (χ0n) is 16.1. The lowest BCUT2D eigenvalue weighted by Gasteiger charge is -2.47. The van der Waals surface area contributed by atoms with Gasteiger partial charge in [-0.05, 0) is 10.8 Å². The minimum absolute atomic E-state index is 0.123. The van der Waals surface area contributed by atoms with Crippen LogP contribution in [0.25, 0.3) is 10.8 Å². The number of rotatable bonds is 5. The number of carbonyl (C=O) groups is 2. The molecule has 2 aromatic carbocycles. The molecule has 0 aliphatic carbocycles. The highest BCUT2D eigenvalue weighted by Gasteiger charge is 2.52. The Morgan fingerprint density at radius 2 is 1.75 bits per heavy atom. The zero-order valence-corrected chi connectivity index (χ0v) is 16.1. The van der Waals surface area contributed by atoms with E-state index in [0.29, 0.717) is 12.1 Å². The maximum Gasteiger partial charge on any atom is 0.331 e. The van der Waals surface area contributed by atoms with Crippen molar-refractivity contribution in [2.24, 2.45) is 0 Å². The lowest BCUT2D eigenvalue weighted by molar-refractivity contribution is -0.961. The van der Waals surface area contributed by atoms with E-state index in [9.17, 15) is 9.59 Å². The number of aliphatic carboxylic acids is 1. The number of carboxylic acid groups (broad SMARTS) is 1. The van der Waals surface area contributed by atoms with E-state index < -0.39 is 11.9 Å². The van der Waals surface area contributed by atoms with Crippen molar-refractivity contribution >= 4 is 22.7 Å². The van der Waals surface area contributed by atoms with E-state index in [1.807, 2.05) is 0 Å². The number of fused-ring (bicyclic) bond motifs is 3. The number of hydrogen-bond donors (Lipinski definition) is 1. The van der Waals surface area contributed by atoms with Crippen LogP contribution in [0.1, 0.15) is 31.2 Å². The van der Waals surface area contributed by atoms with Crippen LogP contribution in [-0.2, 0) is 20.9 Å². The van der Waals surface area contributed by atoms with E-state index in [0.717, 1.165) is 48.9 Å². The maximum absolute atomic E-state index is 11.9. The Balaban J connectivity index is 1.49. The topological polar surface area (TPSA) is 63.6 Å². The van der Waals surface area contributed by atoms with Crippen molar-refractivity contribution in [1.29, 1.82) is 0 Å². The van der Waals surface area contributed by atoms with Crippen LogP contribution < -0.4 is 0 Å². The minimum Gasteiger partial charge on any atom is -0.478 e. The molecular weight excluding hydrogens is 354 g/mol. The number of esters is 1. The molecule has 2 saturated heterocycles. The van der Waals surface area contributed by atoms with Gasteiger partial charge in [-0.1, -0.05) is 42.5 Å². The third-order valence-electron chi connectivity index (χ3n) is 6.61. The first-order valence-corrected chi connectivity index (χ1v) is 9.89. The summed E-state index contributed by atoms with van der Waals surface area (Å²) in [6, 6.07) is 16.0. The second kappa shape index (κ2) is 7.40. The highest BCUT2D eigenvalue weighted by Crippen LogP contribution is 2.44. The van der Waals surface area contributed by atoms with Crippen molar-refractivity contribution in [3.8, 4) is 0 Å². The van der Waals surface area contributed by atoms with Crippen molar-refractivity contribution in [3.05, 3.63) is 60.2 Å². The Bertz CT molecular complexity index is 916. The van der Waals surface area contributed by atoms with Crippen molar-refractivity contribution in [1.82, 2.24) is 0 Å². The number of carboxylic acids is 1. The normalized spacial score (nSPS) is 29.2. The van der Waals surface area contributed by atoms with E-state index >= 15 is 0 Å². The molecule has 4 atom stereocenters. The predicted molar refractivity (Wildman–Crippen MR) is 107 cm³/mol. The maximum atomic E-state index is 11.9. The number of hydrogen-bond acceptors (Lipinski definition) is 3.